The van der Waals surface area contributed by atoms with Crippen molar-refractivity contribution in [1.82, 2.24) is 9.80 Å². The van der Waals surface area contributed by atoms with Gasteiger partial charge in [0.25, 0.3) is 0 Å². The number of rotatable bonds is 1. The standard InChI is InChI=1S/C16H17ClF3N3O2/c1-9-14(24)22-6-2-3-11(22)8-23(9)15(25)21-10-4-5-13(17)12(7-10)16(18,19)20/h4-5,7,9,11H,2-3,6,8H2,1H3,(H,21,25)/t9-,11+/m0/s1. The van der Waals surface area contributed by atoms with E-state index in [1.165, 1.54) is 11.0 Å². The van der Waals surface area contributed by atoms with Gasteiger partial charge in [0.05, 0.1) is 10.6 Å². The number of halogens is 4. The number of benzene rings is 1. The summed E-state index contributed by atoms with van der Waals surface area (Å²) >= 11 is 5.58. The molecule has 0 aliphatic carbocycles. The highest BCUT2D eigenvalue weighted by Crippen LogP contribution is 2.36. The molecule has 0 aromatic heterocycles. The molecule has 0 bridgehead atoms. The Balaban J connectivity index is 1.77. The van der Waals surface area contributed by atoms with Crippen molar-refractivity contribution in [2.45, 2.75) is 38.0 Å². The van der Waals surface area contributed by atoms with Crippen LogP contribution in [-0.2, 0) is 11.0 Å². The molecule has 2 aliphatic rings. The minimum atomic E-state index is -4.61. The van der Waals surface area contributed by atoms with Gasteiger partial charge in [0.15, 0.2) is 0 Å². The molecule has 9 heteroatoms. The third-order valence-electron chi connectivity index (χ3n) is 4.68. The maximum absolute atomic E-state index is 12.9. The second-order valence-corrected chi connectivity index (χ2v) is 6.69. The summed E-state index contributed by atoms with van der Waals surface area (Å²) in [6.07, 6.45) is -2.90. The molecule has 0 saturated carbocycles. The fraction of sp³-hybridized carbons (Fsp3) is 0.500. The lowest BCUT2D eigenvalue weighted by Crippen LogP contribution is -2.60. The Bertz CT molecular complexity index is 710. The second-order valence-electron chi connectivity index (χ2n) is 6.28. The summed E-state index contributed by atoms with van der Waals surface area (Å²) in [5.41, 5.74) is -1.04. The number of piperazine rings is 1. The SMILES string of the molecule is C[C@H]1C(=O)N2CCC[C@@H]2CN1C(=O)Nc1ccc(Cl)c(C(F)(F)F)c1. The molecule has 2 aliphatic heterocycles. The molecule has 0 radical (unpaired) electrons. The summed E-state index contributed by atoms with van der Waals surface area (Å²) in [6, 6.07) is 1.91. The summed E-state index contributed by atoms with van der Waals surface area (Å²) in [5, 5.41) is 2.00. The van der Waals surface area contributed by atoms with E-state index in [-0.39, 0.29) is 17.6 Å². The number of nitrogens with one attached hydrogen (secondary N) is 1. The van der Waals surface area contributed by atoms with Gasteiger partial charge in [0.1, 0.15) is 6.04 Å². The van der Waals surface area contributed by atoms with Crippen molar-refractivity contribution < 1.29 is 22.8 Å². The van der Waals surface area contributed by atoms with Crippen LogP contribution in [0.4, 0.5) is 23.7 Å². The van der Waals surface area contributed by atoms with Crippen molar-refractivity contribution in [2.24, 2.45) is 0 Å². The summed E-state index contributed by atoms with van der Waals surface area (Å²) in [5.74, 6) is -0.129. The quantitative estimate of drug-likeness (QED) is 0.815. The van der Waals surface area contributed by atoms with Gasteiger partial charge in [-0.2, -0.15) is 13.2 Å². The van der Waals surface area contributed by atoms with Gasteiger partial charge >= 0.3 is 12.2 Å². The van der Waals surface area contributed by atoms with E-state index in [1.807, 2.05) is 0 Å². The number of alkyl halides is 3. The minimum Gasteiger partial charge on any atom is -0.336 e. The van der Waals surface area contributed by atoms with Crippen LogP contribution < -0.4 is 5.32 Å². The summed E-state index contributed by atoms with van der Waals surface area (Å²) in [6.45, 7) is 2.69. The highest BCUT2D eigenvalue weighted by molar-refractivity contribution is 6.31. The zero-order valence-electron chi connectivity index (χ0n) is 13.4. The molecule has 1 aromatic carbocycles. The smallest absolute Gasteiger partial charge is 0.336 e. The van der Waals surface area contributed by atoms with Crippen LogP contribution in [0.2, 0.25) is 5.02 Å². The number of carbonyl (C=O) groups excluding carboxylic acids is 2. The molecule has 2 fully saturated rings. The number of hydrogen-bond acceptors (Lipinski definition) is 2. The van der Waals surface area contributed by atoms with Gasteiger partial charge in [0, 0.05) is 24.8 Å². The number of urea groups is 1. The van der Waals surface area contributed by atoms with Gasteiger partial charge < -0.3 is 15.1 Å². The van der Waals surface area contributed by atoms with Gasteiger partial charge in [-0.3, -0.25) is 4.79 Å². The molecule has 2 saturated heterocycles. The molecule has 0 unspecified atom stereocenters. The molecule has 1 N–H and O–H groups in total. The van der Waals surface area contributed by atoms with Gasteiger partial charge in [0.2, 0.25) is 5.91 Å². The zero-order valence-corrected chi connectivity index (χ0v) is 14.2. The molecule has 1 aromatic rings. The van der Waals surface area contributed by atoms with Crippen molar-refractivity contribution in [3.05, 3.63) is 28.8 Å². The van der Waals surface area contributed by atoms with Crippen LogP contribution in [0.25, 0.3) is 0 Å². The Morgan fingerprint density at radius 2 is 2.08 bits per heavy atom. The maximum Gasteiger partial charge on any atom is 0.417 e. The van der Waals surface area contributed by atoms with Crippen molar-refractivity contribution in [1.29, 1.82) is 0 Å². The first-order valence-electron chi connectivity index (χ1n) is 7.93. The van der Waals surface area contributed by atoms with Gasteiger partial charge in [-0.25, -0.2) is 4.79 Å². The van der Waals surface area contributed by atoms with Crippen molar-refractivity contribution in [3.8, 4) is 0 Å². The molecule has 3 amide bonds. The van der Waals surface area contributed by atoms with Crippen LogP contribution in [0.15, 0.2) is 18.2 Å². The molecular formula is C16H17ClF3N3O2. The number of amides is 3. The Morgan fingerprint density at radius 1 is 1.36 bits per heavy atom. The molecular weight excluding hydrogens is 359 g/mol. The fourth-order valence-electron chi connectivity index (χ4n) is 3.35. The van der Waals surface area contributed by atoms with E-state index >= 15 is 0 Å². The van der Waals surface area contributed by atoms with Crippen LogP contribution in [-0.4, -0.2) is 46.9 Å². The average Bonchev–Trinajstić information content (AvgIpc) is 3.00. The first-order valence-corrected chi connectivity index (χ1v) is 8.31. The molecule has 2 heterocycles. The molecule has 3 rings (SSSR count). The van der Waals surface area contributed by atoms with Gasteiger partial charge in [-0.1, -0.05) is 11.6 Å². The van der Waals surface area contributed by atoms with E-state index in [1.54, 1.807) is 11.8 Å². The van der Waals surface area contributed by atoms with Crippen LogP contribution >= 0.6 is 11.6 Å². The highest BCUT2D eigenvalue weighted by Gasteiger charge is 2.42. The number of anilines is 1. The van der Waals surface area contributed by atoms with Crippen LogP contribution in [0.5, 0.6) is 0 Å². The van der Waals surface area contributed by atoms with E-state index in [0.717, 1.165) is 25.0 Å². The molecule has 136 valence electrons. The molecule has 5 nitrogen and oxygen atoms in total. The number of nitrogens with zero attached hydrogens (tertiary/aromatic N) is 2. The predicted octanol–water partition coefficient (Wildman–Crippen LogP) is 3.59. The summed E-state index contributed by atoms with van der Waals surface area (Å²) in [4.78, 5) is 28.0. The van der Waals surface area contributed by atoms with Crippen LogP contribution in [0, 0.1) is 0 Å². The normalized spacial score (nSPS) is 23.6. The van der Waals surface area contributed by atoms with Crippen LogP contribution in [0.1, 0.15) is 25.3 Å². The van der Waals surface area contributed by atoms with E-state index in [4.69, 9.17) is 11.6 Å². The fourth-order valence-corrected chi connectivity index (χ4v) is 3.57. The number of hydrogen-bond donors (Lipinski definition) is 1. The maximum atomic E-state index is 12.9. The Hall–Kier alpha value is -1.96. The van der Waals surface area contributed by atoms with Crippen LogP contribution in [0.3, 0.4) is 0 Å². The van der Waals surface area contributed by atoms with E-state index in [9.17, 15) is 22.8 Å². The van der Waals surface area contributed by atoms with Crippen molar-refractivity contribution >= 4 is 29.2 Å². The molecule has 0 spiro atoms. The third-order valence-corrected chi connectivity index (χ3v) is 5.01. The minimum absolute atomic E-state index is 0.0183. The topological polar surface area (TPSA) is 52.7 Å². The van der Waals surface area contributed by atoms with E-state index < -0.39 is 28.8 Å². The van der Waals surface area contributed by atoms with Gasteiger partial charge in [-0.05, 0) is 38.0 Å². The Morgan fingerprint density at radius 3 is 2.76 bits per heavy atom. The van der Waals surface area contributed by atoms with Crippen molar-refractivity contribution in [3.63, 3.8) is 0 Å². The summed E-state index contributed by atoms with van der Waals surface area (Å²) < 4.78 is 38.8. The Kier molecular flexibility index (Phi) is 4.57. The lowest BCUT2D eigenvalue weighted by atomic mass is 10.1. The second kappa shape index (κ2) is 6.40. The predicted molar refractivity (Wildman–Crippen MR) is 86.4 cm³/mol. The Labute approximate surface area is 147 Å². The largest absolute Gasteiger partial charge is 0.417 e. The lowest BCUT2D eigenvalue weighted by Gasteiger charge is -2.41. The van der Waals surface area contributed by atoms with Gasteiger partial charge in [-0.15, -0.1) is 0 Å². The molecule has 25 heavy (non-hydrogen) atoms. The third kappa shape index (κ3) is 3.40. The summed E-state index contributed by atoms with van der Waals surface area (Å²) in [7, 11) is 0. The number of fused-ring (bicyclic) bond motifs is 1. The lowest BCUT2D eigenvalue weighted by molar-refractivity contribution is -0.140. The van der Waals surface area contributed by atoms with Crippen molar-refractivity contribution in [2.75, 3.05) is 18.4 Å². The van der Waals surface area contributed by atoms with E-state index in [2.05, 4.69) is 5.32 Å². The number of carbonyl (C=O) groups is 2. The average molecular weight is 376 g/mol. The highest BCUT2D eigenvalue weighted by atomic mass is 35.5. The van der Waals surface area contributed by atoms with E-state index in [0.29, 0.717) is 13.1 Å². The monoisotopic (exact) mass is 375 g/mol. The first-order chi connectivity index (χ1) is 11.7. The first kappa shape index (κ1) is 17.8. The zero-order chi connectivity index (χ0) is 18.4. The molecule has 2 atom stereocenters.